The van der Waals surface area contributed by atoms with Crippen LogP contribution in [0, 0.1) is 6.92 Å². The first-order valence-corrected chi connectivity index (χ1v) is 7.22. The Balaban J connectivity index is 2.54. The van der Waals surface area contributed by atoms with Crippen LogP contribution in [0.15, 0.2) is 36.9 Å². The summed E-state index contributed by atoms with van der Waals surface area (Å²) in [5.74, 6) is 0. The van der Waals surface area contributed by atoms with Crippen LogP contribution >= 0.6 is 0 Å². The molecule has 1 aromatic rings. The highest BCUT2D eigenvalue weighted by Gasteiger charge is 2.11. The van der Waals surface area contributed by atoms with Gasteiger partial charge in [0.05, 0.1) is 6.10 Å². The number of aryl methyl sites for hydroxylation is 1. The summed E-state index contributed by atoms with van der Waals surface area (Å²) in [6.45, 7) is 10.7. The molecule has 1 rings (SSSR count). The Labute approximate surface area is 117 Å². The van der Waals surface area contributed by atoms with Crippen molar-refractivity contribution >= 4 is 0 Å². The highest BCUT2D eigenvalue weighted by Crippen LogP contribution is 2.10. The third kappa shape index (κ3) is 6.55. The van der Waals surface area contributed by atoms with E-state index in [4.69, 9.17) is 0 Å². The first kappa shape index (κ1) is 15.9. The first-order chi connectivity index (χ1) is 9.15. The molecule has 19 heavy (non-hydrogen) atoms. The molecule has 0 fully saturated rings. The van der Waals surface area contributed by atoms with Crippen molar-refractivity contribution in [3.8, 4) is 0 Å². The molecule has 0 saturated carbocycles. The van der Waals surface area contributed by atoms with Crippen LogP contribution < -0.4 is 0 Å². The highest BCUT2D eigenvalue weighted by atomic mass is 16.3. The standard InChI is InChI=1S/C17H27NO/c1-4-6-10-17(19)14-18(11-5-2)13-16-9-7-8-15(3)12-16/h4,7-9,12,17,19H,1,5-6,10-11,13-14H2,2-3H3/t17-/m0/s1. The van der Waals surface area contributed by atoms with Crippen LogP contribution in [0.25, 0.3) is 0 Å². The largest absolute Gasteiger partial charge is 0.392 e. The summed E-state index contributed by atoms with van der Waals surface area (Å²) in [4.78, 5) is 2.34. The molecule has 1 atom stereocenters. The van der Waals surface area contributed by atoms with Crippen LogP contribution in [-0.4, -0.2) is 29.2 Å². The third-order valence-electron chi connectivity index (χ3n) is 3.20. The van der Waals surface area contributed by atoms with Crippen LogP contribution in [0.1, 0.15) is 37.3 Å². The Hall–Kier alpha value is -1.12. The van der Waals surface area contributed by atoms with Gasteiger partial charge in [-0.15, -0.1) is 6.58 Å². The second kappa shape index (κ2) is 8.89. The van der Waals surface area contributed by atoms with E-state index in [0.717, 1.165) is 38.9 Å². The van der Waals surface area contributed by atoms with Gasteiger partial charge >= 0.3 is 0 Å². The van der Waals surface area contributed by atoms with Crippen LogP contribution in [0.2, 0.25) is 0 Å². The zero-order valence-electron chi connectivity index (χ0n) is 12.3. The maximum Gasteiger partial charge on any atom is 0.0670 e. The van der Waals surface area contributed by atoms with Gasteiger partial charge in [-0.2, -0.15) is 0 Å². The van der Waals surface area contributed by atoms with E-state index in [2.05, 4.69) is 49.6 Å². The van der Waals surface area contributed by atoms with Crippen molar-refractivity contribution in [1.29, 1.82) is 0 Å². The lowest BCUT2D eigenvalue weighted by Crippen LogP contribution is -2.32. The van der Waals surface area contributed by atoms with E-state index in [-0.39, 0.29) is 6.10 Å². The monoisotopic (exact) mass is 261 g/mol. The number of rotatable bonds is 9. The van der Waals surface area contributed by atoms with Gasteiger partial charge in [-0.05, 0) is 38.3 Å². The van der Waals surface area contributed by atoms with Gasteiger partial charge in [0.15, 0.2) is 0 Å². The molecule has 0 saturated heterocycles. The maximum absolute atomic E-state index is 10.0. The minimum atomic E-state index is -0.255. The quantitative estimate of drug-likeness (QED) is 0.687. The van der Waals surface area contributed by atoms with Gasteiger partial charge in [0.2, 0.25) is 0 Å². The van der Waals surface area contributed by atoms with Crippen molar-refractivity contribution in [2.75, 3.05) is 13.1 Å². The van der Waals surface area contributed by atoms with E-state index in [1.807, 2.05) is 6.08 Å². The second-order valence-electron chi connectivity index (χ2n) is 5.24. The topological polar surface area (TPSA) is 23.5 Å². The molecule has 0 unspecified atom stereocenters. The molecule has 2 nitrogen and oxygen atoms in total. The molecule has 0 radical (unpaired) electrons. The third-order valence-corrected chi connectivity index (χ3v) is 3.20. The van der Waals surface area contributed by atoms with Gasteiger partial charge in [-0.25, -0.2) is 0 Å². The molecule has 0 spiro atoms. The number of hydrogen-bond donors (Lipinski definition) is 1. The minimum Gasteiger partial charge on any atom is -0.392 e. The van der Waals surface area contributed by atoms with Crippen LogP contribution in [0.5, 0.6) is 0 Å². The van der Waals surface area contributed by atoms with Gasteiger partial charge in [-0.1, -0.05) is 42.8 Å². The smallest absolute Gasteiger partial charge is 0.0670 e. The van der Waals surface area contributed by atoms with Crippen LogP contribution in [-0.2, 0) is 6.54 Å². The van der Waals surface area contributed by atoms with Gasteiger partial charge < -0.3 is 5.11 Å². The molecule has 0 bridgehead atoms. The van der Waals surface area contributed by atoms with Gasteiger partial charge in [-0.3, -0.25) is 4.90 Å². The summed E-state index contributed by atoms with van der Waals surface area (Å²) in [6.07, 6.45) is 4.41. The molecule has 0 aromatic heterocycles. The second-order valence-corrected chi connectivity index (χ2v) is 5.24. The Morgan fingerprint density at radius 2 is 2.21 bits per heavy atom. The van der Waals surface area contributed by atoms with Crippen molar-refractivity contribution in [2.45, 2.75) is 45.8 Å². The molecular formula is C17H27NO. The van der Waals surface area contributed by atoms with E-state index in [1.165, 1.54) is 11.1 Å². The summed E-state index contributed by atoms with van der Waals surface area (Å²) < 4.78 is 0. The van der Waals surface area contributed by atoms with E-state index in [9.17, 15) is 5.11 Å². The molecule has 106 valence electrons. The molecular weight excluding hydrogens is 234 g/mol. The fourth-order valence-corrected chi connectivity index (χ4v) is 2.32. The first-order valence-electron chi connectivity index (χ1n) is 7.22. The summed E-state index contributed by atoms with van der Waals surface area (Å²) in [6, 6.07) is 8.60. The van der Waals surface area contributed by atoms with Gasteiger partial charge in [0, 0.05) is 13.1 Å². The predicted molar refractivity (Wildman–Crippen MR) is 82.2 cm³/mol. The van der Waals surface area contributed by atoms with Gasteiger partial charge in [0.25, 0.3) is 0 Å². The van der Waals surface area contributed by atoms with Crippen LogP contribution in [0.3, 0.4) is 0 Å². The van der Waals surface area contributed by atoms with E-state index in [1.54, 1.807) is 0 Å². The van der Waals surface area contributed by atoms with Crippen molar-refractivity contribution in [2.24, 2.45) is 0 Å². The number of benzene rings is 1. The zero-order chi connectivity index (χ0) is 14.1. The Morgan fingerprint density at radius 3 is 2.84 bits per heavy atom. The number of allylic oxidation sites excluding steroid dienone is 1. The lowest BCUT2D eigenvalue weighted by Gasteiger charge is -2.24. The summed E-state index contributed by atoms with van der Waals surface area (Å²) >= 11 is 0. The Morgan fingerprint density at radius 1 is 1.42 bits per heavy atom. The minimum absolute atomic E-state index is 0.255. The lowest BCUT2D eigenvalue weighted by atomic mass is 10.1. The normalized spacial score (nSPS) is 12.6. The molecule has 0 aliphatic carbocycles. The highest BCUT2D eigenvalue weighted by molar-refractivity contribution is 5.22. The van der Waals surface area contributed by atoms with E-state index < -0.39 is 0 Å². The molecule has 0 heterocycles. The van der Waals surface area contributed by atoms with E-state index in [0.29, 0.717) is 0 Å². The summed E-state index contributed by atoms with van der Waals surface area (Å²) in [5, 5.41) is 10.0. The van der Waals surface area contributed by atoms with Crippen molar-refractivity contribution in [1.82, 2.24) is 4.90 Å². The SMILES string of the molecule is C=CCC[C@H](O)CN(CCC)Cc1cccc(C)c1. The van der Waals surface area contributed by atoms with E-state index >= 15 is 0 Å². The molecule has 0 aliphatic heterocycles. The molecule has 0 aliphatic rings. The fourth-order valence-electron chi connectivity index (χ4n) is 2.32. The van der Waals surface area contributed by atoms with Crippen LogP contribution in [0.4, 0.5) is 0 Å². The average molecular weight is 261 g/mol. The average Bonchev–Trinajstić information content (AvgIpc) is 2.36. The molecule has 1 aromatic carbocycles. The number of aliphatic hydroxyl groups is 1. The maximum atomic E-state index is 10.0. The predicted octanol–water partition coefficient (Wildman–Crippen LogP) is 3.53. The lowest BCUT2D eigenvalue weighted by molar-refractivity contribution is 0.102. The summed E-state index contributed by atoms with van der Waals surface area (Å²) in [7, 11) is 0. The Bertz CT molecular complexity index is 375. The molecule has 0 amide bonds. The van der Waals surface area contributed by atoms with Crippen molar-refractivity contribution in [3.63, 3.8) is 0 Å². The van der Waals surface area contributed by atoms with Gasteiger partial charge in [0.1, 0.15) is 0 Å². The fraction of sp³-hybridized carbons (Fsp3) is 0.529. The molecule has 2 heteroatoms. The van der Waals surface area contributed by atoms with Crippen molar-refractivity contribution < 1.29 is 5.11 Å². The molecule has 1 N–H and O–H groups in total. The van der Waals surface area contributed by atoms with Crippen molar-refractivity contribution in [3.05, 3.63) is 48.0 Å². The number of aliphatic hydroxyl groups excluding tert-OH is 1. The zero-order valence-corrected chi connectivity index (χ0v) is 12.3. The number of hydrogen-bond acceptors (Lipinski definition) is 2. The summed E-state index contributed by atoms with van der Waals surface area (Å²) in [5.41, 5.74) is 2.62. The number of nitrogens with zero attached hydrogens (tertiary/aromatic N) is 1. The Kier molecular flexibility index (Phi) is 7.46.